The maximum absolute atomic E-state index is 9.86. The molecule has 21 heavy (non-hydrogen) atoms. The van der Waals surface area contributed by atoms with Gasteiger partial charge in [0.2, 0.25) is 0 Å². The second-order valence-electron chi connectivity index (χ2n) is 5.74. The summed E-state index contributed by atoms with van der Waals surface area (Å²) in [5, 5.41) is 18.5. The summed E-state index contributed by atoms with van der Waals surface area (Å²) in [6.45, 7) is 3.59. The van der Waals surface area contributed by atoms with Gasteiger partial charge in [-0.05, 0) is 24.5 Å². The molecule has 1 fully saturated rings. The molecule has 1 saturated heterocycles. The number of aromatic nitrogens is 1. The number of nitrogen functional groups attached to an aromatic ring is 1. The standard InChI is InChI=1S/C16H20N4O/c1-10-9-20(7-6-14(10)21)15-8-12(16(17)18)11-4-2-3-5-13(11)19-15/h2-5,8,10,14,21H,6-7,9H2,1H3,(H3,17,18). The zero-order valence-corrected chi connectivity index (χ0v) is 12.1. The maximum atomic E-state index is 9.86. The summed E-state index contributed by atoms with van der Waals surface area (Å²) in [6, 6.07) is 9.62. The number of piperidine rings is 1. The molecule has 5 heteroatoms. The first-order valence-electron chi connectivity index (χ1n) is 7.23. The Kier molecular flexibility index (Phi) is 3.51. The highest BCUT2D eigenvalue weighted by atomic mass is 16.3. The monoisotopic (exact) mass is 284 g/mol. The maximum Gasteiger partial charge on any atom is 0.129 e. The molecule has 0 spiro atoms. The van der Waals surface area contributed by atoms with Gasteiger partial charge in [-0.25, -0.2) is 4.98 Å². The number of benzene rings is 1. The highest BCUT2D eigenvalue weighted by molar-refractivity contribution is 6.07. The number of pyridine rings is 1. The van der Waals surface area contributed by atoms with Gasteiger partial charge in [0, 0.05) is 24.0 Å². The highest BCUT2D eigenvalue weighted by Crippen LogP contribution is 2.26. The fourth-order valence-corrected chi connectivity index (χ4v) is 2.89. The number of amidine groups is 1. The SMILES string of the molecule is CC1CN(c2cc(C(=N)N)c3ccccc3n2)CCC1O. The molecule has 2 heterocycles. The van der Waals surface area contributed by atoms with E-state index in [4.69, 9.17) is 16.1 Å². The van der Waals surface area contributed by atoms with Crippen LogP contribution in [0.25, 0.3) is 10.9 Å². The lowest BCUT2D eigenvalue weighted by Gasteiger charge is -2.35. The first kappa shape index (κ1) is 13.8. The van der Waals surface area contributed by atoms with E-state index >= 15 is 0 Å². The normalized spacial score (nSPS) is 22.5. The molecular formula is C16H20N4O. The number of rotatable bonds is 2. The number of hydrogen-bond acceptors (Lipinski definition) is 4. The molecule has 5 nitrogen and oxygen atoms in total. The minimum Gasteiger partial charge on any atom is -0.393 e. The van der Waals surface area contributed by atoms with Crippen LogP contribution < -0.4 is 10.6 Å². The number of hydrogen-bond donors (Lipinski definition) is 3. The predicted molar refractivity (Wildman–Crippen MR) is 84.8 cm³/mol. The Morgan fingerprint density at radius 2 is 2.19 bits per heavy atom. The number of anilines is 1. The molecule has 2 aromatic rings. The molecule has 110 valence electrons. The second kappa shape index (κ2) is 5.33. The van der Waals surface area contributed by atoms with Crippen molar-refractivity contribution in [2.24, 2.45) is 11.7 Å². The van der Waals surface area contributed by atoms with Crippen LogP contribution in [0.2, 0.25) is 0 Å². The second-order valence-corrected chi connectivity index (χ2v) is 5.74. The van der Waals surface area contributed by atoms with Crippen LogP contribution in [0.15, 0.2) is 30.3 Å². The summed E-state index contributed by atoms with van der Waals surface area (Å²) >= 11 is 0. The van der Waals surface area contributed by atoms with Crippen molar-refractivity contribution in [3.63, 3.8) is 0 Å². The smallest absolute Gasteiger partial charge is 0.129 e. The number of nitrogens with zero attached hydrogens (tertiary/aromatic N) is 2. The molecule has 0 radical (unpaired) electrons. The molecule has 4 N–H and O–H groups in total. The van der Waals surface area contributed by atoms with E-state index < -0.39 is 0 Å². The van der Waals surface area contributed by atoms with Gasteiger partial charge in [0.1, 0.15) is 11.7 Å². The number of fused-ring (bicyclic) bond motifs is 1. The predicted octanol–water partition coefficient (Wildman–Crippen LogP) is 1.73. The van der Waals surface area contributed by atoms with Gasteiger partial charge in [0.25, 0.3) is 0 Å². The molecule has 1 aromatic carbocycles. The van der Waals surface area contributed by atoms with E-state index in [0.717, 1.165) is 41.8 Å². The highest BCUT2D eigenvalue weighted by Gasteiger charge is 2.25. The molecule has 3 rings (SSSR count). The summed E-state index contributed by atoms with van der Waals surface area (Å²) in [4.78, 5) is 6.86. The molecule has 2 atom stereocenters. The zero-order valence-electron chi connectivity index (χ0n) is 12.1. The lowest BCUT2D eigenvalue weighted by molar-refractivity contribution is 0.0969. The van der Waals surface area contributed by atoms with Gasteiger partial charge in [0.05, 0.1) is 11.6 Å². The van der Waals surface area contributed by atoms with Crippen LogP contribution in [-0.4, -0.2) is 35.1 Å². The largest absolute Gasteiger partial charge is 0.393 e. The fourth-order valence-electron chi connectivity index (χ4n) is 2.89. The number of nitrogens with two attached hydrogens (primary N) is 1. The Morgan fingerprint density at radius 1 is 1.43 bits per heavy atom. The van der Waals surface area contributed by atoms with Crippen molar-refractivity contribution in [2.45, 2.75) is 19.4 Å². The van der Waals surface area contributed by atoms with Crippen LogP contribution >= 0.6 is 0 Å². The molecule has 1 aliphatic heterocycles. The van der Waals surface area contributed by atoms with E-state index in [0.29, 0.717) is 0 Å². The number of nitrogens with one attached hydrogen (secondary N) is 1. The number of para-hydroxylation sites is 1. The summed E-state index contributed by atoms with van der Waals surface area (Å²) in [5.41, 5.74) is 7.29. The molecule has 1 aromatic heterocycles. The summed E-state index contributed by atoms with van der Waals surface area (Å²) in [6.07, 6.45) is 0.499. The van der Waals surface area contributed by atoms with E-state index in [-0.39, 0.29) is 17.9 Å². The van der Waals surface area contributed by atoms with Crippen molar-refractivity contribution in [1.82, 2.24) is 4.98 Å². The van der Waals surface area contributed by atoms with E-state index in [1.54, 1.807) is 0 Å². The quantitative estimate of drug-likeness (QED) is 0.579. The van der Waals surface area contributed by atoms with Crippen molar-refractivity contribution in [2.75, 3.05) is 18.0 Å². The van der Waals surface area contributed by atoms with Crippen LogP contribution in [0.3, 0.4) is 0 Å². The van der Waals surface area contributed by atoms with Crippen LogP contribution in [0.1, 0.15) is 18.9 Å². The van der Waals surface area contributed by atoms with Crippen molar-refractivity contribution >= 4 is 22.6 Å². The Morgan fingerprint density at radius 3 is 2.90 bits per heavy atom. The number of aliphatic hydroxyl groups excluding tert-OH is 1. The first-order valence-corrected chi connectivity index (χ1v) is 7.23. The van der Waals surface area contributed by atoms with Gasteiger partial charge in [-0.1, -0.05) is 25.1 Å². The van der Waals surface area contributed by atoms with Gasteiger partial charge >= 0.3 is 0 Å². The average molecular weight is 284 g/mol. The molecular weight excluding hydrogens is 264 g/mol. The van der Waals surface area contributed by atoms with Crippen molar-refractivity contribution < 1.29 is 5.11 Å². The third-order valence-corrected chi connectivity index (χ3v) is 4.18. The van der Waals surface area contributed by atoms with Crippen LogP contribution in [-0.2, 0) is 0 Å². The Hall–Kier alpha value is -2.14. The van der Waals surface area contributed by atoms with Gasteiger partial charge in [0.15, 0.2) is 0 Å². The zero-order chi connectivity index (χ0) is 15.0. The topological polar surface area (TPSA) is 86.2 Å². The van der Waals surface area contributed by atoms with Crippen LogP contribution in [0.5, 0.6) is 0 Å². The van der Waals surface area contributed by atoms with Gasteiger partial charge in [-0.15, -0.1) is 0 Å². The van der Waals surface area contributed by atoms with E-state index in [2.05, 4.69) is 4.90 Å². The Labute approximate surface area is 123 Å². The average Bonchev–Trinajstić information content (AvgIpc) is 2.48. The summed E-state index contributed by atoms with van der Waals surface area (Å²) < 4.78 is 0. The number of aliphatic hydroxyl groups is 1. The lowest BCUT2D eigenvalue weighted by atomic mass is 9.96. The van der Waals surface area contributed by atoms with Crippen molar-refractivity contribution in [1.29, 1.82) is 5.41 Å². The molecule has 2 unspecified atom stereocenters. The van der Waals surface area contributed by atoms with Crippen molar-refractivity contribution in [3.8, 4) is 0 Å². The van der Waals surface area contributed by atoms with Gasteiger partial charge in [-0.3, -0.25) is 5.41 Å². The summed E-state index contributed by atoms with van der Waals surface area (Å²) in [5.74, 6) is 1.10. The minimum atomic E-state index is -0.242. The van der Waals surface area contributed by atoms with E-state index in [1.165, 1.54) is 0 Å². The van der Waals surface area contributed by atoms with Gasteiger partial charge in [-0.2, -0.15) is 0 Å². The summed E-state index contributed by atoms with van der Waals surface area (Å²) in [7, 11) is 0. The minimum absolute atomic E-state index is 0.0555. The first-order chi connectivity index (χ1) is 10.1. The molecule has 0 saturated carbocycles. The Bertz CT molecular complexity index is 685. The molecule has 0 amide bonds. The molecule has 1 aliphatic rings. The third-order valence-electron chi connectivity index (χ3n) is 4.18. The molecule has 0 aliphatic carbocycles. The lowest BCUT2D eigenvalue weighted by Crippen LogP contribution is -2.42. The Balaban J connectivity index is 2.05. The van der Waals surface area contributed by atoms with E-state index in [1.807, 2.05) is 37.3 Å². The van der Waals surface area contributed by atoms with Crippen LogP contribution in [0, 0.1) is 11.3 Å². The van der Waals surface area contributed by atoms with Crippen LogP contribution in [0.4, 0.5) is 5.82 Å². The van der Waals surface area contributed by atoms with E-state index in [9.17, 15) is 5.11 Å². The fraction of sp³-hybridized carbons (Fsp3) is 0.375. The van der Waals surface area contributed by atoms with Gasteiger partial charge < -0.3 is 15.7 Å². The van der Waals surface area contributed by atoms with Crippen molar-refractivity contribution in [3.05, 3.63) is 35.9 Å². The molecule has 0 bridgehead atoms. The third kappa shape index (κ3) is 2.56.